The standard InChI is InChI=1S/C50H91NO18/c1-3-5-7-9-11-13-15-16-18-20-22-24-26-28-38(56)51-33(34(55)27-25-23-21-19-17-14-12-10-8-6-4-2)32-64-48-44(62)41(59)46(36(30-53)66-48)69-50-45(63)42(60)47(37(31-54)67-50)68-49-43(61)40(58)39(57)35(29-52)65-49/h7,9,13,15,33-37,39-50,52-55,57-63H,3-6,8,10-12,14,16-32H2,1-2H3,(H,51,56)/b9-7-,15-13-. The molecule has 12 N–H and O–H groups in total. The molecule has 3 aliphatic heterocycles. The first-order valence-corrected chi connectivity index (χ1v) is 26.1. The molecule has 0 aromatic rings. The predicted molar refractivity (Wildman–Crippen MR) is 254 cm³/mol. The van der Waals surface area contributed by atoms with Gasteiger partial charge in [-0.1, -0.05) is 134 Å². The molecule has 0 aromatic heterocycles. The second-order valence-electron chi connectivity index (χ2n) is 19.0. The molecule has 3 rings (SSSR count). The molecule has 0 aliphatic carbocycles. The summed E-state index contributed by atoms with van der Waals surface area (Å²) in [6, 6.07) is -0.889. The van der Waals surface area contributed by atoms with Crippen molar-refractivity contribution in [1.29, 1.82) is 0 Å². The van der Waals surface area contributed by atoms with Crippen LogP contribution in [0.4, 0.5) is 0 Å². The third kappa shape index (κ3) is 21.3. The average Bonchev–Trinajstić information content (AvgIpc) is 3.34. The van der Waals surface area contributed by atoms with E-state index in [9.17, 15) is 61.0 Å². The minimum atomic E-state index is -1.97. The van der Waals surface area contributed by atoms with Crippen molar-refractivity contribution >= 4 is 5.91 Å². The zero-order valence-electron chi connectivity index (χ0n) is 41.3. The van der Waals surface area contributed by atoms with E-state index in [0.29, 0.717) is 12.8 Å². The molecule has 0 spiro atoms. The number of hydrogen-bond acceptors (Lipinski definition) is 18. The normalized spacial score (nSPS) is 33.0. The topological polar surface area (TPSA) is 307 Å². The Morgan fingerprint density at radius 2 is 0.986 bits per heavy atom. The van der Waals surface area contributed by atoms with Crippen molar-refractivity contribution in [1.82, 2.24) is 5.32 Å². The Bertz CT molecular complexity index is 1380. The van der Waals surface area contributed by atoms with E-state index < -0.39 is 124 Å². The van der Waals surface area contributed by atoms with Gasteiger partial charge in [0.05, 0.1) is 38.6 Å². The molecule has 3 fully saturated rings. The van der Waals surface area contributed by atoms with Crippen molar-refractivity contribution in [2.75, 3.05) is 26.4 Å². The summed E-state index contributed by atoms with van der Waals surface area (Å²) in [6.07, 6.45) is 4.32. The van der Waals surface area contributed by atoms with Gasteiger partial charge in [-0.15, -0.1) is 0 Å². The average molecular weight is 994 g/mol. The quantitative estimate of drug-likeness (QED) is 0.0316. The van der Waals surface area contributed by atoms with Gasteiger partial charge in [0, 0.05) is 6.42 Å². The van der Waals surface area contributed by atoms with Gasteiger partial charge in [0.2, 0.25) is 5.91 Å². The number of carbonyl (C=O) groups excluding carboxylic acids is 1. The van der Waals surface area contributed by atoms with Crippen LogP contribution < -0.4 is 5.32 Å². The highest BCUT2D eigenvalue weighted by atomic mass is 16.8. The second kappa shape index (κ2) is 35.4. The molecule has 0 aromatic carbocycles. The van der Waals surface area contributed by atoms with Gasteiger partial charge < -0.3 is 89.9 Å². The molecular weight excluding hydrogens is 903 g/mol. The van der Waals surface area contributed by atoms with Crippen molar-refractivity contribution in [2.24, 2.45) is 0 Å². The van der Waals surface area contributed by atoms with E-state index in [4.69, 9.17) is 28.4 Å². The van der Waals surface area contributed by atoms with Crippen LogP contribution in [0.15, 0.2) is 24.3 Å². The van der Waals surface area contributed by atoms with Crippen molar-refractivity contribution in [3.63, 3.8) is 0 Å². The molecule has 1 amide bonds. The maximum absolute atomic E-state index is 13.2. The number of allylic oxidation sites excluding steroid dienone is 4. The summed E-state index contributed by atoms with van der Waals surface area (Å²) in [7, 11) is 0. The number of aliphatic hydroxyl groups is 11. The zero-order chi connectivity index (χ0) is 50.6. The lowest BCUT2D eigenvalue weighted by Crippen LogP contribution is -2.66. The van der Waals surface area contributed by atoms with Crippen LogP contribution in [-0.4, -0.2) is 193 Å². The summed E-state index contributed by atoms with van der Waals surface area (Å²) in [4.78, 5) is 13.2. The smallest absolute Gasteiger partial charge is 0.220 e. The molecule has 0 bridgehead atoms. The Morgan fingerprint density at radius 3 is 1.54 bits per heavy atom. The van der Waals surface area contributed by atoms with E-state index in [1.54, 1.807) is 0 Å². The summed E-state index contributed by atoms with van der Waals surface area (Å²) in [5, 5.41) is 120. The van der Waals surface area contributed by atoms with Gasteiger partial charge in [0.1, 0.15) is 73.2 Å². The van der Waals surface area contributed by atoms with Crippen LogP contribution in [0.3, 0.4) is 0 Å². The van der Waals surface area contributed by atoms with Crippen LogP contribution in [0.5, 0.6) is 0 Å². The van der Waals surface area contributed by atoms with Gasteiger partial charge in [-0.25, -0.2) is 0 Å². The summed E-state index contributed by atoms with van der Waals surface area (Å²) in [5.74, 6) is -0.261. The highest BCUT2D eigenvalue weighted by molar-refractivity contribution is 5.76. The second-order valence-corrected chi connectivity index (χ2v) is 19.0. The molecule has 17 atom stereocenters. The Balaban J connectivity index is 1.56. The number of unbranched alkanes of at least 4 members (excludes halogenated alkanes) is 16. The monoisotopic (exact) mass is 994 g/mol. The lowest BCUT2D eigenvalue weighted by molar-refractivity contribution is -0.379. The Kier molecular flexibility index (Phi) is 31.6. The molecular formula is C50H91NO18. The number of hydrogen-bond donors (Lipinski definition) is 12. The Hall–Kier alpha value is -1.73. The van der Waals surface area contributed by atoms with Crippen molar-refractivity contribution in [2.45, 2.75) is 259 Å². The SMILES string of the molecule is CCC/C=C\C/C=C\CCCCCCCC(=O)NC(COC1OC(CO)C(OC2OC(CO)C(OC3OC(CO)C(O)C(O)C3O)C(O)C2O)C(O)C1O)C(O)CCCCCCCCCCCCC. The number of nitrogens with one attached hydrogen (secondary N) is 1. The molecule has 404 valence electrons. The highest BCUT2D eigenvalue weighted by Crippen LogP contribution is 2.33. The fraction of sp³-hybridized carbons (Fsp3) is 0.900. The molecule has 3 saturated heterocycles. The molecule has 0 saturated carbocycles. The van der Waals surface area contributed by atoms with E-state index in [-0.39, 0.29) is 18.9 Å². The molecule has 3 aliphatic rings. The summed E-state index contributed by atoms with van der Waals surface area (Å²) < 4.78 is 34.1. The maximum atomic E-state index is 13.2. The van der Waals surface area contributed by atoms with Crippen molar-refractivity contribution in [3.05, 3.63) is 24.3 Å². The lowest BCUT2D eigenvalue weighted by atomic mass is 9.96. The van der Waals surface area contributed by atoms with Crippen LogP contribution in [0.25, 0.3) is 0 Å². The van der Waals surface area contributed by atoms with Crippen LogP contribution in [0, 0.1) is 0 Å². The molecule has 0 radical (unpaired) electrons. The van der Waals surface area contributed by atoms with Gasteiger partial charge in [0.25, 0.3) is 0 Å². The first kappa shape index (κ1) is 61.6. The van der Waals surface area contributed by atoms with Gasteiger partial charge in [0.15, 0.2) is 18.9 Å². The third-order valence-electron chi connectivity index (χ3n) is 13.3. The van der Waals surface area contributed by atoms with Gasteiger partial charge >= 0.3 is 0 Å². The number of carbonyl (C=O) groups is 1. The first-order chi connectivity index (χ1) is 33.3. The fourth-order valence-electron chi connectivity index (χ4n) is 8.88. The lowest BCUT2D eigenvalue weighted by Gasteiger charge is -2.48. The molecule has 19 heteroatoms. The fourth-order valence-corrected chi connectivity index (χ4v) is 8.88. The van der Waals surface area contributed by atoms with Crippen molar-refractivity contribution in [3.8, 4) is 0 Å². The number of aliphatic hydroxyl groups excluding tert-OH is 11. The zero-order valence-corrected chi connectivity index (χ0v) is 41.3. The summed E-state index contributed by atoms with van der Waals surface area (Å²) in [5.41, 5.74) is 0. The minimum absolute atomic E-state index is 0.250. The van der Waals surface area contributed by atoms with Gasteiger partial charge in [-0.05, 0) is 38.5 Å². The van der Waals surface area contributed by atoms with E-state index >= 15 is 0 Å². The number of ether oxygens (including phenoxy) is 6. The van der Waals surface area contributed by atoms with E-state index in [1.807, 2.05) is 0 Å². The maximum Gasteiger partial charge on any atom is 0.220 e. The van der Waals surface area contributed by atoms with Crippen LogP contribution >= 0.6 is 0 Å². The Labute approximate surface area is 409 Å². The molecule has 17 unspecified atom stereocenters. The van der Waals surface area contributed by atoms with Gasteiger partial charge in [-0.3, -0.25) is 4.79 Å². The molecule has 3 heterocycles. The summed E-state index contributed by atoms with van der Waals surface area (Å²) >= 11 is 0. The number of rotatable bonds is 36. The Morgan fingerprint density at radius 1 is 0.522 bits per heavy atom. The largest absolute Gasteiger partial charge is 0.394 e. The van der Waals surface area contributed by atoms with Crippen LogP contribution in [0.2, 0.25) is 0 Å². The summed E-state index contributed by atoms with van der Waals surface area (Å²) in [6.45, 7) is 1.66. The van der Waals surface area contributed by atoms with Crippen molar-refractivity contribution < 1.29 is 89.4 Å². The van der Waals surface area contributed by atoms with Gasteiger partial charge in [-0.2, -0.15) is 0 Å². The number of amides is 1. The van der Waals surface area contributed by atoms with Crippen LogP contribution in [-0.2, 0) is 33.2 Å². The van der Waals surface area contributed by atoms with E-state index in [0.717, 1.165) is 77.0 Å². The molecule has 69 heavy (non-hydrogen) atoms. The predicted octanol–water partition coefficient (Wildman–Crippen LogP) is 2.03. The van der Waals surface area contributed by atoms with E-state index in [1.165, 1.54) is 44.9 Å². The highest BCUT2D eigenvalue weighted by Gasteiger charge is 2.53. The molecule has 19 nitrogen and oxygen atoms in total. The minimum Gasteiger partial charge on any atom is -0.394 e. The van der Waals surface area contributed by atoms with Crippen LogP contribution in [0.1, 0.15) is 155 Å². The van der Waals surface area contributed by atoms with E-state index in [2.05, 4.69) is 43.5 Å². The third-order valence-corrected chi connectivity index (χ3v) is 13.3. The first-order valence-electron chi connectivity index (χ1n) is 26.1.